The van der Waals surface area contributed by atoms with Gasteiger partial charge >= 0.3 is 0 Å². The molecule has 0 aromatic heterocycles. The molecule has 0 aromatic rings. The third-order valence-electron chi connectivity index (χ3n) is 2.67. The summed E-state index contributed by atoms with van der Waals surface area (Å²) in [7, 11) is 4.01. The van der Waals surface area contributed by atoms with Crippen LogP contribution in [0.5, 0.6) is 0 Å². The van der Waals surface area contributed by atoms with Crippen LogP contribution in [0.2, 0.25) is 0 Å². The van der Waals surface area contributed by atoms with Gasteiger partial charge in [0.1, 0.15) is 6.73 Å². The topological polar surface area (TPSA) is 43.3 Å². The summed E-state index contributed by atoms with van der Waals surface area (Å²) in [5.41, 5.74) is 3.64. The first kappa shape index (κ1) is 14.0. The van der Waals surface area contributed by atoms with Crippen LogP contribution in [-0.4, -0.2) is 68.6 Å². The van der Waals surface area contributed by atoms with Gasteiger partial charge in [0, 0.05) is 51.8 Å². The highest BCUT2D eigenvalue weighted by Gasteiger charge is 2.13. The number of hydrogen-bond acceptors (Lipinski definition) is 6. The normalized spacial score (nSPS) is 19.1. The Labute approximate surface area is 103 Å². The molecule has 1 fully saturated rings. The van der Waals surface area contributed by atoms with E-state index in [-0.39, 0.29) is 0 Å². The Morgan fingerprint density at radius 3 is 2.71 bits per heavy atom. The maximum atomic E-state index is 5.60. The Morgan fingerprint density at radius 2 is 2.12 bits per heavy atom. The zero-order valence-electron chi connectivity index (χ0n) is 11.0. The number of nitrogens with one attached hydrogen (secondary N) is 1. The molecule has 0 amide bonds. The van der Waals surface area contributed by atoms with E-state index in [0.717, 1.165) is 31.9 Å². The van der Waals surface area contributed by atoms with Crippen LogP contribution in [0.1, 0.15) is 6.92 Å². The molecule has 1 rings (SSSR count). The zero-order valence-corrected chi connectivity index (χ0v) is 11.0. The van der Waals surface area contributed by atoms with E-state index < -0.39 is 0 Å². The fourth-order valence-electron chi connectivity index (χ4n) is 1.61. The van der Waals surface area contributed by atoms with Gasteiger partial charge in [-0.25, -0.2) is 0 Å². The molecule has 6 nitrogen and oxygen atoms in total. The van der Waals surface area contributed by atoms with Gasteiger partial charge in [-0.15, -0.1) is 0 Å². The second-order valence-electron chi connectivity index (χ2n) is 4.31. The highest BCUT2D eigenvalue weighted by Crippen LogP contribution is 2.00. The number of piperazine rings is 1. The summed E-state index contributed by atoms with van der Waals surface area (Å²) in [5.74, 6) is 0. The fourth-order valence-corrected chi connectivity index (χ4v) is 1.61. The average Bonchev–Trinajstić information content (AvgIpc) is 2.28. The SMILES string of the molecule is C=NN/C(C)=C\N(C)OCN1CCN(C)CC1. The van der Waals surface area contributed by atoms with Crippen molar-refractivity contribution in [2.24, 2.45) is 5.10 Å². The van der Waals surface area contributed by atoms with E-state index in [1.165, 1.54) is 0 Å². The van der Waals surface area contributed by atoms with Gasteiger partial charge in [0.15, 0.2) is 0 Å². The van der Waals surface area contributed by atoms with Gasteiger partial charge in [-0.3, -0.25) is 20.2 Å². The number of likely N-dealkylation sites (N-methyl/N-ethyl adjacent to an activating group) is 1. The summed E-state index contributed by atoms with van der Waals surface area (Å²) >= 11 is 0. The second-order valence-corrected chi connectivity index (χ2v) is 4.31. The minimum Gasteiger partial charge on any atom is -0.304 e. The van der Waals surface area contributed by atoms with Crippen LogP contribution in [0.15, 0.2) is 17.0 Å². The summed E-state index contributed by atoms with van der Waals surface area (Å²) in [6.07, 6.45) is 1.84. The lowest BCUT2D eigenvalue weighted by Gasteiger charge is -2.32. The predicted molar refractivity (Wildman–Crippen MR) is 69.2 cm³/mol. The van der Waals surface area contributed by atoms with Crippen molar-refractivity contribution in [3.05, 3.63) is 11.9 Å². The number of allylic oxidation sites excluding steroid dienone is 1. The van der Waals surface area contributed by atoms with E-state index in [2.05, 4.69) is 34.1 Å². The third kappa shape index (κ3) is 5.67. The van der Waals surface area contributed by atoms with Crippen LogP contribution in [0, 0.1) is 0 Å². The molecule has 1 aliphatic rings. The van der Waals surface area contributed by atoms with Gasteiger partial charge in [-0.05, 0) is 14.0 Å². The fraction of sp³-hybridized carbons (Fsp3) is 0.727. The molecule has 0 saturated carbocycles. The molecular weight excluding hydrogens is 218 g/mol. The molecule has 1 N–H and O–H groups in total. The smallest absolute Gasteiger partial charge is 0.128 e. The Morgan fingerprint density at radius 1 is 1.47 bits per heavy atom. The van der Waals surface area contributed by atoms with Crippen LogP contribution in [0.25, 0.3) is 0 Å². The number of nitrogens with zero attached hydrogens (tertiary/aromatic N) is 4. The van der Waals surface area contributed by atoms with Crippen molar-refractivity contribution in [3.63, 3.8) is 0 Å². The van der Waals surface area contributed by atoms with Crippen LogP contribution in [0.4, 0.5) is 0 Å². The number of rotatable bonds is 6. The Balaban J connectivity index is 2.21. The predicted octanol–water partition coefficient (Wildman–Crippen LogP) is 0.121. The average molecular weight is 241 g/mol. The number of hydrogen-bond donors (Lipinski definition) is 1. The largest absolute Gasteiger partial charge is 0.304 e. The van der Waals surface area contributed by atoms with Crippen LogP contribution >= 0.6 is 0 Å². The minimum atomic E-state index is 0.621. The number of hydrazone groups is 1. The van der Waals surface area contributed by atoms with Crippen molar-refractivity contribution in [2.75, 3.05) is 47.0 Å². The lowest BCUT2D eigenvalue weighted by Crippen LogP contribution is -2.45. The summed E-state index contributed by atoms with van der Waals surface area (Å²) in [6.45, 7) is 10.2. The van der Waals surface area contributed by atoms with Gasteiger partial charge in [0.2, 0.25) is 0 Å². The highest BCUT2D eigenvalue weighted by atomic mass is 16.7. The van der Waals surface area contributed by atoms with Crippen molar-refractivity contribution < 1.29 is 4.84 Å². The Bertz CT molecular complexity index is 261. The van der Waals surface area contributed by atoms with Crippen LogP contribution in [-0.2, 0) is 4.84 Å². The molecule has 0 aromatic carbocycles. The van der Waals surface area contributed by atoms with E-state index in [0.29, 0.717) is 6.73 Å². The van der Waals surface area contributed by atoms with E-state index in [1.54, 1.807) is 5.06 Å². The maximum Gasteiger partial charge on any atom is 0.128 e. The van der Waals surface area contributed by atoms with Crippen molar-refractivity contribution in [1.82, 2.24) is 20.3 Å². The van der Waals surface area contributed by atoms with Gasteiger partial charge in [0.25, 0.3) is 0 Å². The first-order chi connectivity index (χ1) is 8.11. The zero-order chi connectivity index (χ0) is 12.7. The van der Waals surface area contributed by atoms with E-state index in [1.807, 2.05) is 20.2 Å². The molecule has 17 heavy (non-hydrogen) atoms. The van der Waals surface area contributed by atoms with Gasteiger partial charge < -0.3 is 4.90 Å². The van der Waals surface area contributed by atoms with Gasteiger partial charge in [0.05, 0.1) is 0 Å². The summed E-state index contributed by atoms with van der Waals surface area (Å²) in [6, 6.07) is 0. The van der Waals surface area contributed by atoms with Crippen LogP contribution < -0.4 is 5.43 Å². The third-order valence-corrected chi connectivity index (χ3v) is 2.67. The maximum absolute atomic E-state index is 5.60. The quantitative estimate of drug-likeness (QED) is 0.528. The highest BCUT2D eigenvalue weighted by molar-refractivity contribution is 5.23. The van der Waals surface area contributed by atoms with Crippen molar-refractivity contribution in [2.45, 2.75) is 6.92 Å². The molecule has 1 heterocycles. The molecule has 98 valence electrons. The molecule has 0 bridgehead atoms. The standard InChI is InChI=1S/C11H23N5O/c1-11(13-12-2)9-15(4)17-10-16-7-5-14(3)6-8-16/h9,13H,2,5-8,10H2,1,3-4H3/b11-9-. The molecule has 6 heteroatoms. The molecular formula is C11H23N5O. The van der Waals surface area contributed by atoms with Crippen molar-refractivity contribution >= 4 is 6.72 Å². The summed E-state index contributed by atoms with van der Waals surface area (Å²) in [4.78, 5) is 10.2. The molecule has 1 saturated heterocycles. The van der Waals surface area contributed by atoms with E-state index in [9.17, 15) is 0 Å². The lowest BCUT2D eigenvalue weighted by molar-refractivity contribution is -0.148. The molecule has 0 radical (unpaired) electrons. The number of hydroxylamine groups is 2. The molecule has 0 aliphatic carbocycles. The first-order valence-electron chi connectivity index (χ1n) is 5.78. The Hall–Kier alpha value is -1.11. The Kier molecular flexibility index (Phi) is 5.96. The van der Waals surface area contributed by atoms with Crippen molar-refractivity contribution in [1.29, 1.82) is 0 Å². The lowest BCUT2D eigenvalue weighted by atomic mass is 10.3. The van der Waals surface area contributed by atoms with E-state index in [4.69, 9.17) is 4.84 Å². The van der Waals surface area contributed by atoms with Crippen molar-refractivity contribution in [3.8, 4) is 0 Å². The van der Waals surface area contributed by atoms with Gasteiger partial charge in [-0.1, -0.05) is 0 Å². The molecule has 0 spiro atoms. The van der Waals surface area contributed by atoms with E-state index >= 15 is 0 Å². The molecule has 0 unspecified atom stereocenters. The molecule has 1 aliphatic heterocycles. The summed E-state index contributed by atoms with van der Waals surface area (Å²) in [5, 5.41) is 5.27. The van der Waals surface area contributed by atoms with Crippen LogP contribution in [0.3, 0.4) is 0 Å². The first-order valence-corrected chi connectivity index (χ1v) is 5.78. The second kappa shape index (κ2) is 7.26. The summed E-state index contributed by atoms with van der Waals surface area (Å²) < 4.78 is 0. The van der Waals surface area contributed by atoms with Gasteiger partial charge in [-0.2, -0.15) is 5.10 Å². The monoisotopic (exact) mass is 241 g/mol. The molecule has 0 atom stereocenters. The minimum absolute atomic E-state index is 0.621.